The van der Waals surface area contributed by atoms with Crippen molar-refractivity contribution in [3.05, 3.63) is 78.0 Å². The number of carbonyl (C=O) groups is 3. The van der Waals surface area contributed by atoms with Crippen LogP contribution in [0.5, 0.6) is 0 Å². The molecule has 4 heterocycles. The number of fused-ring (bicyclic) bond motifs is 1. The molecule has 0 unspecified atom stereocenters. The standard InChI is InChI=1S/C35H41N9O6/c1-3-31(45)37-26-6-4-5-25(19-26)30-21-44(40-39-30)24(2)33(47)42-13-10-35(49,11-14-42)22-43-23-36-29-20-27(7-8-28(29)34(43)48)38-32(46)9-12-41-15-17-50-18-16-41/h3-8,19-21,23-24,49H,1,9-18,22H2,2H3,(H,37,45)(H,38,46)/t24-/m0/s1. The van der Waals surface area contributed by atoms with Gasteiger partial charge in [-0.25, -0.2) is 9.67 Å². The van der Waals surface area contributed by atoms with E-state index in [-0.39, 0.29) is 42.7 Å². The van der Waals surface area contributed by atoms with Crippen LogP contribution in [0, 0.1) is 0 Å². The Balaban J connectivity index is 1.03. The fraction of sp³-hybridized carbons (Fsp3) is 0.400. The van der Waals surface area contributed by atoms with Gasteiger partial charge in [0.15, 0.2) is 0 Å². The third-order valence-corrected chi connectivity index (χ3v) is 9.21. The van der Waals surface area contributed by atoms with Gasteiger partial charge < -0.3 is 25.4 Å². The molecular formula is C35H41N9O6. The van der Waals surface area contributed by atoms with Crippen molar-refractivity contribution in [2.75, 3.05) is 56.6 Å². The predicted octanol–water partition coefficient (Wildman–Crippen LogP) is 2.05. The molecule has 1 atom stereocenters. The third-order valence-electron chi connectivity index (χ3n) is 9.21. The second-order valence-electron chi connectivity index (χ2n) is 12.7. The molecule has 0 saturated carbocycles. The average molecular weight is 684 g/mol. The minimum atomic E-state index is -1.21. The first-order valence-electron chi connectivity index (χ1n) is 16.7. The number of hydrogen-bond donors (Lipinski definition) is 3. The van der Waals surface area contributed by atoms with Crippen LogP contribution in [-0.4, -0.2) is 109 Å². The van der Waals surface area contributed by atoms with Crippen molar-refractivity contribution in [3.63, 3.8) is 0 Å². The van der Waals surface area contributed by atoms with Gasteiger partial charge in [-0.1, -0.05) is 23.9 Å². The van der Waals surface area contributed by atoms with Crippen LogP contribution in [0.15, 0.2) is 72.4 Å². The highest BCUT2D eigenvalue weighted by atomic mass is 16.5. The Bertz CT molecular complexity index is 1940. The Morgan fingerprint density at radius 1 is 1.06 bits per heavy atom. The maximum Gasteiger partial charge on any atom is 0.261 e. The molecule has 0 spiro atoms. The van der Waals surface area contributed by atoms with Gasteiger partial charge in [-0.3, -0.25) is 28.6 Å². The molecule has 2 aromatic heterocycles. The molecule has 15 heteroatoms. The van der Waals surface area contributed by atoms with E-state index in [1.807, 2.05) is 6.07 Å². The summed E-state index contributed by atoms with van der Waals surface area (Å²) in [5, 5.41) is 25.8. The Kier molecular flexibility index (Phi) is 10.5. The molecule has 2 aromatic carbocycles. The summed E-state index contributed by atoms with van der Waals surface area (Å²) < 4.78 is 8.25. The van der Waals surface area contributed by atoms with E-state index in [4.69, 9.17) is 4.74 Å². The Morgan fingerprint density at radius 2 is 1.82 bits per heavy atom. The van der Waals surface area contributed by atoms with Gasteiger partial charge in [-0.2, -0.15) is 0 Å². The number of amides is 3. The number of ether oxygens (including phenoxy) is 1. The number of nitrogens with one attached hydrogen (secondary N) is 2. The lowest BCUT2D eigenvalue weighted by molar-refractivity contribution is -0.139. The fourth-order valence-electron chi connectivity index (χ4n) is 6.20. The van der Waals surface area contributed by atoms with Crippen LogP contribution in [0.4, 0.5) is 11.4 Å². The molecule has 50 heavy (non-hydrogen) atoms. The molecule has 0 bridgehead atoms. The smallest absolute Gasteiger partial charge is 0.261 e. The number of rotatable bonds is 11. The number of morpholine rings is 1. The van der Waals surface area contributed by atoms with Gasteiger partial charge in [0.2, 0.25) is 17.7 Å². The molecule has 262 valence electrons. The van der Waals surface area contributed by atoms with Gasteiger partial charge in [0.25, 0.3) is 5.56 Å². The first kappa shape index (κ1) is 34.6. The number of aromatic nitrogens is 5. The van der Waals surface area contributed by atoms with Crippen molar-refractivity contribution < 1.29 is 24.2 Å². The zero-order chi connectivity index (χ0) is 35.3. The summed E-state index contributed by atoms with van der Waals surface area (Å²) in [6.45, 7) is 9.47. The van der Waals surface area contributed by atoms with Crippen LogP contribution >= 0.6 is 0 Å². The Labute approximate surface area is 288 Å². The summed E-state index contributed by atoms with van der Waals surface area (Å²) in [7, 11) is 0. The minimum absolute atomic E-state index is 0.0329. The Hall–Kier alpha value is -5.25. The predicted molar refractivity (Wildman–Crippen MR) is 186 cm³/mol. The number of anilines is 2. The average Bonchev–Trinajstić information content (AvgIpc) is 3.63. The van der Waals surface area contributed by atoms with Crippen molar-refractivity contribution in [3.8, 4) is 11.3 Å². The summed E-state index contributed by atoms with van der Waals surface area (Å²) in [5.74, 6) is -0.606. The van der Waals surface area contributed by atoms with E-state index in [0.29, 0.717) is 67.2 Å². The highest BCUT2D eigenvalue weighted by Gasteiger charge is 2.36. The van der Waals surface area contributed by atoms with Crippen molar-refractivity contribution in [2.24, 2.45) is 0 Å². The quantitative estimate of drug-likeness (QED) is 0.198. The summed E-state index contributed by atoms with van der Waals surface area (Å²) in [4.78, 5) is 59.3. The van der Waals surface area contributed by atoms with E-state index in [1.54, 1.807) is 54.4 Å². The van der Waals surface area contributed by atoms with Crippen LogP contribution in [0.3, 0.4) is 0 Å². The van der Waals surface area contributed by atoms with Crippen LogP contribution in [-0.2, 0) is 25.7 Å². The lowest BCUT2D eigenvalue weighted by Gasteiger charge is -2.39. The number of likely N-dealkylation sites (tertiary alicyclic amines) is 1. The van der Waals surface area contributed by atoms with Crippen molar-refractivity contribution >= 4 is 40.0 Å². The third kappa shape index (κ3) is 8.13. The van der Waals surface area contributed by atoms with Crippen molar-refractivity contribution in [1.82, 2.24) is 34.3 Å². The molecule has 4 aromatic rings. The number of aliphatic hydroxyl groups is 1. The lowest BCUT2D eigenvalue weighted by atomic mass is 9.91. The maximum absolute atomic E-state index is 13.4. The van der Waals surface area contributed by atoms with Crippen molar-refractivity contribution in [1.29, 1.82) is 0 Å². The van der Waals surface area contributed by atoms with E-state index >= 15 is 0 Å². The van der Waals surface area contributed by atoms with Crippen LogP contribution in [0.25, 0.3) is 22.2 Å². The highest BCUT2D eigenvalue weighted by Crippen LogP contribution is 2.27. The van der Waals surface area contributed by atoms with Crippen LogP contribution in [0.1, 0.15) is 32.2 Å². The molecule has 0 radical (unpaired) electrons. The second kappa shape index (κ2) is 15.1. The first-order chi connectivity index (χ1) is 24.1. The molecule has 2 aliphatic rings. The van der Waals surface area contributed by atoms with E-state index in [0.717, 1.165) is 18.7 Å². The fourth-order valence-corrected chi connectivity index (χ4v) is 6.20. The molecular weight excluding hydrogens is 642 g/mol. The van der Waals surface area contributed by atoms with E-state index in [2.05, 4.69) is 37.4 Å². The number of nitrogens with zero attached hydrogens (tertiary/aromatic N) is 7. The molecule has 3 N–H and O–H groups in total. The summed E-state index contributed by atoms with van der Waals surface area (Å²) in [6.07, 6.45) is 5.18. The van der Waals surface area contributed by atoms with Gasteiger partial charge in [0.05, 0.1) is 48.8 Å². The van der Waals surface area contributed by atoms with Gasteiger partial charge in [0.1, 0.15) is 11.7 Å². The van der Waals surface area contributed by atoms with Crippen LogP contribution < -0.4 is 16.2 Å². The maximum atomic E-state index is 13.4. The molecule has 2 fully saturated rings. The van der Waals surface area contributed by atoms with Gasteiger partial charge in [0, 0.05) is 56.1 Å². The zero-order valence-corrected chi connectivity index (χ0v) is 28.0. The number of carbonyl (C=O) groups excluding carboxylic acids is 3. The van der Waals surface area contributed by atoms with Gasteiger partial charge in [-0.15, -0.1) is 5.10 Å². The van der Waals surface area contributed by atoms with E-state index in [9.17, 15) is 24.3 Å². The first-order valence-corrected chi connectivity index (χ1v) is 16.7. The number of hydrogen-bond acceptors (Lipinski definition) is 10. The topological polar surface area (TPSA) is 177 Å². The molecule has 0 aliphatic carbocycles. The molecule has 2 aliphatic heterocycles. The van der Waals surface area contributed by atoms with E-state index < -0.39 is 11.6 Å². The number of piperidine rings is 1. The Morgan fingerprint density at radius 3 is 2.58 bits per heavy atom. The van der Waals surface area contributed by atoms with Gasteiger partial charge in [-0.05, 0) is 56.2 Å². The minimum Gasteiger partial charge on any atom is -0.388 e. The lowest BCUT2D eigenvalue weighted by Crippen LogP contribution is -2.50. The summed E-state index contributed by atoms with van der Waals surface area (Å²) in [5.41, 5.74) is 1.35. The largest absolute Gasteiger partial charge is 0.388 e. The summed E-state index contributed by atoms with van der Waals surface area (Å²) in [6, 6.07) is 11.5. The molecule has 15 nitrogen and oxygen atoms in total. The SMILES string of the molecule is C=CC(=O)Nc1cccc(-c2cn([C@@H](C)C(=O)N3CCC(O)(Cn4cnc5cc(NC(=O)CCN6CCOCC6)ccc5c4=O)CC3)nn2)c1. The number of benzene rings is 2. The second-order valence-corrected chi connectivity index (χ2v) is 12.7. The summed E-state index contributed by atoms with van der Waals surface area (Å²) >= 11 is 0. The normalized spacial score (nSPS) is 16.9. The monoisotopic (exact) mass is 683 g/mol. The van der Waals surface area contributed by atoms with Crippen molar-refractivity contribution in [2.45, 2.75) is 44.4 Å². The van der Waals surface area contributed by atoms with E-state index in [1.165, 1.54) is 21.7 Å². The molecule has 2 saturated heterocycles. The van der Waals surface area contributed by atoms with Gasteiger partial charge >= 0.3 is 0 Å². The van der Waals surface area contributed by atoms with Crippen LogP contribution in [0.2, 0.25) is 0 Å². The molecule has 6 rings (SSSR count). The highest BCUT2D eigenvalue weighted by molar-refractivity contribution is 5.99. The zero-order valence-electron chi connectivity index (χ0n) is 28.0. The molecule has 3 amide bonds.